The van der Waals surface area contributed by atoms with E-state index in [9.17, 15) is 4.79 Å². The molecule has 2 atom stereocenters. The van der Waals surface area contributed by atoms with Crippen LogP contribution in [0.3, 0.4) is 0 Å². The topological polar surface area (TPSA) is 107 Å². The number of pyridine rings is 3. The summed E-state index contributed by atoms with van der Waals surface area (Å²) in [6.45, 7) is 2.62. The van der Waals surface area contributed by atoms with Crippen LogP contribution in [0.5, 0.6) is 0 Å². The van der Waals surface area contributed by atoms with Gasteiger partial charge < -0.3 is 19.7 Å². The Bertz CT molecular complexity index is 1740. The number of nitrogens with one attached hydrogen (secondary N) is 1. The van der Waals surface area contributed by atoms with Crippen molar-refractivity contribution >= 4 is 22.8 Å². The Labute approximate surface area is 262 Å². The molecule has 1 amide bonds. The minimum atomic E-state index is -0.373. The van der Waals surface area contributed by atoms with Gasteiger partial charge in [-0.25, -0.2) is 14.5 Å². The van der Waals surface area contributed by atoms with Crippen molar-refractivity contribution in [3.63, 3.8) is 0 Å². The molecule has 0 saturated carbocycles. The van der Waals surface area contributed by atoms with Crippen LogP contribution in [0.2, 0.25) is 0 Å². The number of rotatable bonds is 7. The van der Waals surface area contributed by atoms with E-state index in [1.807, 2.05) is 71.7 Å². The highest BCUT2D eigenvalue weighted by Crippen LogP contribution is 2.34. The van der Waals surface area contributed by atoms with E-state index in [1.165, 1.54) is 0 Å². The van der Waals surface area contributed by atoms with Crippen LogP contribution in [-0.2, 0) is 16.1 Å². The number of ether oxygens (including phenoxy) is 2. The first-order valence-electron chi connectivity index (χ1n) is 15.8. The highest BCUT2D eigenvalue weighted by Gasteiger charge is 2.24. The van der Waals surface area contributed by atoms with Gasteiger partial charge in [0.1, 0.15) is 18.1 Å². The van der Waals surface area contributed by atoms with Crippen LogP contribution >= 0.6 is 0 Å². The molecule has 2 fully saturated rings. The molecule has 2 saturated heterocycles. The number of benzene rings is 1. The number of alkyl carbamates (subject to hydrolysis) is 1. The zero-order valence-corrected chi connectivity index (χ0v) is 25.2. The third-order valence-corrected chi connectivity index (χ3v) is 8.54. The Kier molecular flexibility index (Phi) is 8.63. The molecule has 1 N–H and O–H groups in total. The standard InChI is InChI=1S/C35H37N7O3/c43-35(45-24-25-9-2-1-3-10-25)38-27-12-8-18-41(19-16-27)32-14-6-13-29(39-32)34-28-21-30(26-11-7-17-36-22-26)37-23-31(28)42(40-34)33-15-4-5-20-44-33/h1-3,6-7,9-11,13-14,17,21-23,27,33H,4-5,8,12,15-16,18-20,24H2,(H,38,43)/t27-,33?/m1/s1. The van der Waals surface area contributed by atoms with Crippen molar-refractivity contribution in [1.29, 1.82) is 0 Å². The van der Waals surface area contributed by atoms with Crippen molar-refractivity contribution < 1.29 is 14.3 Å². The van der Waals surface area contributed by atoms with Gasteiger partial charge in [0.2, 0.25) is 0 Å². The van der Waals surface area contributed by atoms with Crippen molar-refractivity contribution in [3.8, 4) is 22.6 Å². The van der Waals surface area contributed by atoms with E-state index in [4.69, 9.17) is 24.5 Å². The van der Waals surface area contributed by atoms with Gasteiger partial charge in [0.25, 0.3) is 0 Å². The molecule has 0 bridgehead atoms. The second kappa shape index (κ2) is 13.4. The van der Waals surface area contributed by atoms with E-state index >= 15 is 0 Å². The van der Waals surface area contributed by atoms with Gasteiger partial charge in [0, 0.05) is 49.1 Å². The molecule has 10 heteroatoms. The minimum absolute atomic E-state index is 0.0509. The molecule has 4 aromatic heterocycles. The summed E-state index contributed by atoms with van der Waals surface area (Å²) in [5.41, 5.74) is 5.30. The number of carbonyl (C=O) groups is 1. The fraction of sp³-hybridized carbons (Fsp3) is 0.343. The smallest absolute Gasteiger partial charge is 0.407 e. The predicted molar refractivity (Wildman–Crippen MR) is 172 cm³/mol. The third-order valence-electron chi connectivity index (χ3n) is 8.54. The summed E-state index contributed by atoms with van der Waals surface area (Å²) in [6, 6.07) is 21.9. The SMILES string of the molecule is O=C(N[C@@H]1CCCN(c2cccc(-c3nn(C4CCCCO4)c4cnc(-c5cccnc5)cc34)n2)CC1)OCc1ccccc1. The Morgan fingerprint density at radius 1 is 0.933 bits per heavy atom. The van der Waals surface area contributed by atoms with Crippen molar-refractivity contribution in [2.24, 2.45) is 0 Å². The highest BCUT2D eigenvalue weighted by atomic mass is 16.5. The summed E-state index contributed by atoms with van der Waals surface area (Å²) in [4.78, 5) is 29.0. The molecule has 2 aliphatic rings. The maximum absolute atomic E-state index is 12.5. The van der Waals surface area contributed by atoms with Crippen LogP contribution < -0.4 is 10.2 Å². The number of hydrogen-bond donors (Lipinski definition) is 1. The lowest BCUT2D eigenvalue weighted by Crippen LogP contribution is -2.36. The summed E-state index contributed by atoms with van der Waals surface area (Å²) in [5.74, 6) is 0.901. The molecule has 1 aromatic carbocycles. The Balaban J connectivity index is 1.11. The fourth-order valence-electron chi connectivity index (χ4n) is 6.17. The van der Waals surface area contributed by atoms with Gasteiger partial charge in [-0.15, -0.1) is 0 Å². The fourth-order valence-corrected chi connectivity index (χ4v) is 6.17. The van der Waals surface area contributed by atoms with Gasteiger partial charge in [-0.3, -0.25) is 9.97 Å². The number of carbonyl (C=O) groups excluding carboxylic acids is 1. The molecular formula is C35H37N7O3. The maximum atomic E-state index is 12.5. The monoisotopic (exact) mass is 603 g/mol. The Hall–Kier alpha value is -4.83. The number of amides is 1. The molecule has 45 heavy (non-hydrogen) atoms. The van der Waals surface area contributed by atoms with Gasteiger partial charge in [0.15, 0.2) is 6.23 Å². The number of anilines is 1. The lowest BCUT2D eigenvalue weighted by atomic mass is 10.1. The summed E-state index contributed by atoms with van der Waals surface area (Å²) in [7, 11) is 0. The van der Waals surface area contributed by atoms with Crippen LogP contribution in [0, 0.1) is 0 Å². The largest absolute Gasteiger partial charge is 0.445 e. The van der Waals surface area contributed by atoms with Crippen LogP contribution in [0.4, 0.5) is 10.6 Å². The first-order chi connectivity index (χ1) is 22.2. The molecule has 0 aliphatic carbocycles. The molecule has 5 aromatic rings. The van der Waals surface area contributed by atoms with Crippen molar-refractivity contribution in [2.75, 3.05) is 24.6 Å². The predicted octanol–water partition coefficient (Wildman–Crippen LogP) is 6.54. The molecule has 1 unspecified atom stereocenters. The molecule has 7 rings (SSSR count). The van der Waals surface area contributed by atoms with E-state index in [2.05, 4.69) is 27.3 Å². The first kappa shape index (κ1) is 28.9. The van der Waals surface area contributed by atoms with Crippen LogP contribution in [0.15, 0.2) is 85.3 Å². The lowest BCUT2D eigenvalue weighted by Gasteiger charge is -2.23. The number of nitrogens with zero attached hydrogens (tertiary/aromatic N) is 6. The number of hydrogen-bond acceptors (Lipinski definition) is 8. The summed E-state index contributed by atoms with van der Waals surface area (Å²) in [6.07, 6.45) is 10.7. The minimum Gasteiger partial charge on any atom is -0.445 e. The molecule has 230 valence electrons. The molecule has 0 radical (unpaired) electrons. The summed E-state index contributed by atoms with van der Waals surface area (Å²) >= 11 is 0. The highest BCUT2D eigenvalue weighted by molar-refractivity contribution is 5.94. The zero-order valence-electron chi connectivity index (χ0n) is 25.2. The second-order valence-electron chi connectivity index (χ2n) is 11.6. The van der Waals surface area contributed by atoms with Gasteiger partial charge in [-0.05, 0) is 74.4 Å². The average Bonchev–Trinajstić information content (AvgIpc) is 3.33. The number of fused-ring (bicyclic) bond motifs is 1. The Morgan fingerprint density at radius 2 is 1.87 bits per heavy atom. The van der Waals surface area contributed by atoms with Crippen LogP contribution in [-0.4, -0.2) is 56.6 Å². The Morgan fingerprint density at radius 3 is 2.71 bits per heavy atom. The quantitative estimate of drug-likeness (QED) is 0.224. The lowest BCUT2D eigenvalue weighted by molar-refractivity contribution is -0.0365. The van der Waals surface area contributed by atoms with Crippen LogP contribution in [0.25, 0.3) is 33.5 Å². The third kappa shape index (κ3) is 6.66. The average molecular weight is 604 g/mol. The second-order valence-corrected chi connectivity index (χ2v) is 11.6. The van der Waals surface area contributed by atoms with E-state index in [1.54, 1.807) is 6.20 Å². The summed E-state index contributed by atoms with van der Waals surface area (Å²) in [5, 5.41) is 9.15. The van der Waals surface area contributed by atoms with E-state index in [-0.39, 0.29) is 25.0 Å². The van der Waals surface area contributed by atoms with E-state index < -0.39 is 0 Å². The van der Waals surface area contributed by atoms with Crippen molar-refractivity contribution in [1.82, 2.24) is 30.0 Å². The van der Waals surface area contributed by atoms with Crippen LogP contribution in [0.1, 0.15) is 50.3 Å². The summed E-state index contributed by atoms with van der Waals surface area (Å²) < 4.78 is 13.6. The maximum Gasteiger partial charge on any atom is 0.407 e. The van der Waals surface area contributed by atoms with Gasteiger partial charge in [0.05, 0.1) is 23.1 Å². The number of aromatic nitrogens is 5. The first-order valence-corrected chi connectivity index (χ1v) is 15.8. The van der Waals surface area contributed by atoms with Gasteiger partial charge >= 0.3 is 6.09 Å². The zero-order chi connectivity index (χ0) is 30.4. The molecule has 6 heterocycles. The van der Waals surface area contributed by atoms with Gasteiger partial charge in [-0.1, -0.05) is 36.4 Å². The van der Waals surface area contributed by atoms with Crippen molar-refractivity contribution in [3.05, 3.63) is 90.9 Å². The van der Waals surface area contributed by atoms with Gasteiger partial charge in [-0.2, -0.15) is 5.10 Å². The molecule has 10 nitrogen and oxygen atoms in total. The molecule has 2 aliphatic heterocycles. The normalized spacial score (nSPS) is 18.8. The molecular weight excluding hydrogens is 566 g/mol. The van der Waals surface area contributed by atoms with E-state index in [0.29, 0.717) is 0 Å². The molecule has 0 spiro atoms. The van der Waals surface area contributed by atoms with E-state index in [0.717, 1.165) is 103 Å². The van der Waals surface area contributed by atoms with Crippen molar-refractivity contribution in [2.45, 2.75) is 57.4 Å².